The second kappa shape index (κ2) is 7.12. The van der Waals surface area contributed by atoms with E-state index in [0.29, 0.717) is 13.1 Å². The van der Waals surface area contributed by atoms with Crippen LogP contribution in [0.2, 0.25) is 0 Å². The Balaban J connectivity index is 1.97. The minimum atomic E-state index is -1.53. The molecule has 0 spiro atoms. The average molecular weight is 395 g/mol. The Kier molecular flexibility index (Phi) is 4.78. The van der Waals surface area contributed by atoms with E-state index < -0.39 is 40.7 Å². The molecule has 9 heteroatoms. The molecule has 3 aliphatic heterocycles. The zero-order valence-corrected chi connectivity index (χ0v) is 15.1. The quantitative estimate of drug-likeness (QED) is 0.860. The molecule has 2 bridgehead atoms. The zero-order chi connectivity index (χ0) is 20.0. The normalized spacial score (nSPS) is 21.9. The minimum Gasteiger partial charge on any atom is -0.477 e. The third-order valence-electron chi connectivity index (χ3n) is 5.73. The fourth-order valence-corrected chi connectivity index (χ4v) is 4.34. The van der Waals surface area contributed by atoms with Crippen molar-refractivity contribution in [2.45, 2.75) is 25.4 Å². The number of fused-ring (bicyclic) bond motifs is 5. The number of carbonyl (C=O) groups is 1. The average Bonchev–Trinajstić information content (AvgIpc) is 2.98. The Morgan fingerprint density at radius 3 is 2.54 bits per heavy atom. The van der Waals surface area contributed by atoms with Gasteiger partial charge in [0.2, 0.25) is 5.43 Å². The Bertz CT molecular complexity index is 1000. The van der Waals surface area contributed by atoms with Crippen molar-refractivity contribution in [3.63, 3.8) is 0 Å². The lowest BCUT2D eigenvalue weighted by Gasteiger charge is -2.33. The molecule has 2 aromatic rings. The van der Waals surface area contributed by atoms with Crippen LogP contribution in [0, 0.1) is 11.6 Å². The second-order valence-electron chi connectivity index (χ2n) is 7.24. The van der Waals surface area contributed by atoms with Crippen LogP contribution in [0.5, 0.6) is 0 Å². The molecule has 6 nitrogen and oxygen atoms in total. The van der Waals surface area contributed by atoms with Gasteiger partial charge in [-0.25, -0.2) is 18.0 Å². The van der Waals surface area contributed by atoms with Crippen molar-refractivity contribution in [2.24, 2.45) is 0 Å². The van der Waals surface area contributed by atoms with Crippen molar-refractivity contribution in [3.05, 3.63) is 39.7 Å². The number of benzene rings is 1. The summed E-state index contributed by atoms with van der Waals surface area (Å²) in [7, 11) is 0. The lowest BCUT2D eigenvalue weighted by molar-refractivity contribution is 0.0694. The molecule has 150 valence electrons. The van der Waals surface area contributed by atoms with E-state index in [1.54, 1.807) is 4.90 Å². The fraction of sp³-hybridized carbons (Fsp3) is 0.474. The number of anilines is 1. The van der Waals surface area contributed by atoms with Crippen LogP contribution in [0.4, 0.5) is 18.9 Å². The summed E-state index contributed by atoms with van der Waals surface area (Å²) >= 11 is 0. The number of carboxylic acid groups (broad SMARTS) is 1. The van der Waals surface area contributed by atoms with E-state index in [1.165, 1.54) is 0 Å². The first-order valence-electron chi connectivity index (χ1n) is 9.25. The smallest absolute Gasteiger partial charge is 0.341 e. The largest absolute Gasteiger partial charge is 0.477 e. The topological polar surface area (TPSA) is 65.8 Å². The number of aryl methyl sites for hydroxylation is 1. The maximum atomic E-state index is 15.5. The number of halogens is 3. The summed E-state index contributed by atoms with van der Waals surface area (Å²) in [6.45, 7) is 1.65. The van der Waals surface area contributed by atoms with E-state index in [-0.39, 0.29) is 23.8 Å². The van der Waals surface area contributed by atoms with Gasteiger partial charge in [0.25, 0.3) is 0 Å². The standard InChI is InChI=1S/C19H20F3N3O3/c20-3-6-24-10-13(19(27)28)18(26)12-9-14(21)17(15(22)16(12)24)25-8-7-23-4-1-11(25)2-5-23/h9-11H,1-8H2,(H,27,28). The molecule has 28 heavy (non-hydrogen) atoms. The summed E-state index contributed by atoms with van der Waals surface area (Å²) in [6.07, 6.45) is 2.50. The van der Waals surface area contributed by atoms with Gasteiger partial charge < -0.3 is 19.5 Å². The predicted molar refractivity (Wildman–Crippen MR) is 97.9 cm³/mol. The van der Waals surface area contributed by atoms with Gasteiger partial charge in [0.05, 0.1) is 17.4 Å². The summed E-state index contributed by atoms with van der Waals surface area (Å²) in [5.41, 5.74) is -2.11. The number of hydrogen-bond acceptors (Lipinski definition) is 4. The predicted octanol–water partition coefficient (Wildman–Crippen LogP) is 2.23. The summed E-state index contributed by atoms with van der Waals surface area (Å²) in [4.78, 5) is 27.7. The van der Waals surface area contributed by atoms with Gasteiger partial charge >= 0.3 is 5.97 Å². The van der Waals surface area contributed by atoms with Gasteiger partial charge in [0, 0.05) is 38.4 Å². The molecular weight excluding hydrogens is 375 g/mol. The Morgan fingerprint density at radius 2 is 1.89 bits per heavy atom. The molecule has 0 atom stereocenters. The second-order valence-corrected chi connectivity index (χ2v) is 7.24. The molecule has 3 fully saturated rings. The van der Waals surface area contributed by atoms with Crippen molar-refractivity contribution >= 4 is 22.6 Å². The number of aromatic nitrogens is 1. The first-order chi connectivity index (χ1) is 13.4. The molecule has 1 aromatic carbocycles. The number of pyridine rings is 1. The van der Waals surface area contributed by atoms with Crippen LogP contribution < -0.4 is 10.3 Å². The van der Waals surface area contributed by atoms with Crippen LogP contribution in [0.1, 0.15) is 23.2 Å². The Labute approximate surface area is 158 Å². The lowest BCUT2D eigenvalue weighted by Crippen LogP contribution is -2.39. The van der Waals surface area contributed by atoms with Crippen molar-refractivity contribution in [3.8, 4) is 0 Å². The lowest BCUT2D eigenvalue weighted by atomic mass is 10.0. The minimum absolute atomic E-state index is 0.0140. The molecular formula is C19H20F3N3O3. The number of hydrogen-bond donors (Lipinski definition) is 1. The van der Waals surface area contributed by atoms with E-state index >= 15 is 4.39 Å². The van der Waals surface area contributed by atoms with E-state index in [0.717, 1.165) is 42.8 Å². The number of aromatic carboxylic acids is 1. The van der Waals surface area contributed by atoms with Crippen LogP contribution in [0.3, 0.4) is 0 Å². The highest BCUT2D eigenvalue weighted by Crippen LogP contribution is 2.34. The molecule has 0 unspecified atom stereocenters. The highest BCUT2D eigenvalue weighted by atomic mass is 19.1. The summed E-state index contributed by atoms with van der Waals surface area (Å²) < 4.78 is 44.6. The van der Waals surface area contributed by atoms with E-state index in [1.807, 2.05) is 0 Å². The number of nitrogens with zero attached hydrogens (tertiary/aromatic N) is 3. The molecule has 0 amide bonds. The van der Waals surface area contributed by atoms with Crippen molar-refractivity contribution in [1.29, 1.82) is 0 Å². The Morgan fingerprint density at radius 1 is 1.18 bits per heavy atom. The molecule has 1 N–H and O–H groups in total. The van der Waals surface area contributed by atoms with Crippen molar-refractivity contribution in [1.82, 2.24) is 9.47 Å². The molecule has 0 radical (unpaired) electrons. The van der Waals surface area contributed by atoms with Gasteiger partial charge in [-0.3, -0.25) is 4.79 Å². The van der Waals surface area contributed by atoms with Gasteiger partial charge in [-0.05, 0) is 18.9 Å². The number of alkyl halides is 1. The third kappa shape index (κ3) is 2.94. The van der Waals surface area contributed by atoms with Crippen LogP contribution in [-0.4, -0.2) is 59.4 Å². The molecule has 4 heterocycles. The summed E-state index contributed by atoms with van der Waals surface area (Å²) in [5, 5.41) is 8.82. The van der Waals surface area contributed by atoms with Crippen LogP contribution >= 0.6 is 0 Å². The van der Waals surface area contributed by atoms with Gasteiger partial charge in [-0.1, -0.05) is 0 Å². The monoisotopic (exact) mass is 395 g/mol. The molecule has 1 aromatic heterocycles. The van der Waals surface area contributed by atoms with Crippen LogP contribution in [0.25, 0.3) is 10.9 Å². The van der Waals surface area contributed by atoms with Crippen LogP contribution in [-0.2, 0) is 6.54 Å². The Hall–Kier alpha value is -2.55. The first-order valence-corrected chi connectivity index (χ1v) is 9.25. The van der Waals surface area contributed by atoms with Crippen molar-refractivity contribution < 1.29 is 23.1 Å². The number of piperidine rings is 1. The molecule has 0 aliphatic carbocycles. The maximum absolute atomic E-state index is 15.5. The van der Waals surface area contributed by atoms with E-state index in [2.05, 4.69) is 4.90 Å². The molecule has 3 saturated heterocycles. The van der Waals surface area contributed by atoms with Crippen molar-refractivity contribution in [2.75, 3.05) is 37.8 Å². The van der Waals surface area contributed by atoms with Gasteiger partial charge in [0.15, 0.2) is 5.82 Å². The zero-order valence-electron chi connectivity index (χ0n) is 15.1. The van der Waals surface area contributed by atoms with Crippen LogP contribution in [0.15, 0.2) is 17.1 Å². The van der Waals surface area contributed by atoms with E-state index in [4.69, 9.17) is 0 Å². The number of carboxylic acids is 1. The summed E-state index contributed by atoms with van der Waals surface area (Å²) in [5.74, 6) is -3.38. The highest BCUT2D eigenvalue weighted by molar-refractivity contribution is 5.93. The first kappa shape index (κ1) is 18.8. The molecule has 5 rings (SSSR count). The maximum Gasteiger partial charge on any atom is 0.341 e. The summed E-state index contributed by atoms with van der Waals surface area (Å²) in [6, 6.07) is 0.870. The fourth-order valence-electron chi connectivity index (χ4n) is 4.34. The highest BCUT2D eigenvalue weighted by Gasteiger charge is 2.33. The molecule has 0 saturated carbocycles. The van der Waals surface area contributed by atoms with Gasteiger partial charge in [-0.2, -0.15) is 0 Å². The number of rotatable bonds is 4. The van der Waals surface area contributed by atoms with E-state index in [9.17, 15) is 23.5 Å². The SMILES string of the molecule is O=C(O)c1cn(CCF)c2c(F)c(N3CCN4CCC3CC4)c(F)cc2c1=O. The molecule has 3 aliphatic rings. The third-order valence-corrected chi connectivity index (χ3v) is 5.73. The van der Waals surface area contributed by atoms with Gasteiger partial charge in [0.1, 0.15) is 23.7 Å². The van der Waals surface area contributed by atoms with Gasteiger partial charge in [-0.15, -0.1) is 0 Å².